The lowest BCUT2D eigenvalue weighted by Crippen LogP contribution is -2.51. The Labute approximate surface area is 194 Å². The highest BCUT2D eigenvalue weighted by Crippen LogP contribution is 2.44. The molecule has 4 heteroatoms. The number of benzene rings is 2. The molecule has 0 spiro atoms. The summed E-state index contributed by atoms with van der Waals surface area (Å²) in [5.41, 5.74) is 4.30. The highest BCUT2D eigenvalue weighted by molar-refractivity contribution is 5.54. The zero-order valence-electron chi connectivity index (χ0n) is 20.6. The van der Waals surface area contributed by atoms with E-state index in [1.165, 1.54) is 24.0 Å². The van der Waals surface area contributed by atoms with Crippen molar-refractivity contribution in [2.75, 3.05) is 18.5 Å². The number of unbranched alkanes of at least 4 members (excludes halogenated alkanes) is 3. The first-order valence-corrected chi connectivity index (χ1v) is 12.3. The average molecular weight is 440 g/mol. The van der Waals surface area contributed by atoms with Crippen LogP contribution >= 0.6 is 0 Å². The van der Waals surface area contributed by atoms with Gasteiger partial charge in [-0.1, -0.05) is 57.4 Å². The summed E-state index contributed by atoms with van der Waals surface area (Å²) in [5.74, 6) is 0.895. The Hall–Kier alpha value is -2.04. The van der Waals surface area contributed by atoms with Gasteiger partial charge in [0.2, 0.25) is 0 Å². The van der Waals surface area contributed by atoms with Crippen LogP contribution in [-0.2, 0) is 16.0 Å². The summed E-state index contributed by atoms with van der Waals surface area (Å²) in [5, 5.41) is 3.58. The summed E-state index contributed by atoms with van der Waals surface area (Å²) in [7, 11) is 0. The first-order valence-electron chi connectivity index (χ1n) is 12.3. The Balaban J connectivity index is 1.82. The molecule has 2 unspecified atom stereocenters. The third-order valence-electron chi connectivity index (χ3n) is 6.23. The van der Waals surface area contributed by atoms with E-state index in [2.05, 4.69) is 82.4 Å². The Morgan fingerprint density at radius 1 is 0.938 bits per heavy atom. The SMILES string of the molecule is CCCCCOC1C(OCCCC)c2cc(NCc3ccccc3C)ccc2OC1(C)C. The van der Waals surface area contributed by atoms with Gasteiger partial charge in [0.25, 0.3) is 0 Å². The van der Waals surface area contributed by atoms with Crippen LogP contribution in [0.15, 0.2) is 42.5 Å². The minimum atomic E-state index is -0.452. The molecule has 2 atom stereocenters. The molecule has 0 amide bonds. The monoisotopic (exact) mass is 439 g/mol. The van der Waals surface area contributed by atoms with Gasteiger partial charge in [-0.05, 0) is 62.9 Å². The van der Waals surface area contributed by atoms with E-state index in [1.54, 1.807) is 0 Å². The minimum absolute atomic E-state index is 0.137. The maximum absolute atomic E-state index is 6.46. The van der Waals surface area contributed by atoms with Crippen LogP contribution < -0.4 is 10.1 Å². The van der Waals surface area contributed by atoms with Gasteiger partial charge in [0.15, 0.2) is 0 Å². The van der Waals surface area contributed by atoms with Crippen LogP contribution in [0.4, 0.5) is 5.69 Å². The van der Waals surface area contributed by atoms with E-state index >= 15 is 0 Å². The fraction of sp³-hybridized carbons (Fsp3) is 0.571. The summed E-state index contributed by atoms with van der Waals surface area (Å²) in [6.45, 7) is 13.0. The average Bonchev–Trinajstić information content (AvgIpc) is 2.77. The van der Waals surface area contributed by atoms with Crippen LogP contribution in [-0.4, -0.2) is 24.9 Å². The Bertz CT molecular complexity index is 848. The molecule has 1 aliphatic heterocycles. The number of hydrogen-bond acceptors (Lipinski definition) is 4. The largest absolute Gasteiger partial charge is 0.485 e. The number of aryl methyl sites for hydroxylation is 1. The van der Waals surface area contributed by atoms with E-state index in [1.807, 2.05) is 0 Å². The standard InChI is InChI=1S/C28H41NO3/c1-6-8-12-18-31-27-26(30-17-9-7-2)24-19-23(15-16-25(24)32-28(27,4)5)29-20-22-14-11-10-13-21(22)3/h10-11,13-16,19,26-27,29H,6-9,12,17-18,20H2,1-5H3. The molecule has 1 N–H and O–H groups in total. The summed E-state index contributed by atoms with van der Waals surface area (Å²) < 4.78 is 19.3. The second-order valence-electron chi connectivity index (χ2n) is 9.38. The maximum Gasteiger partial charge on any atom is 0.132 e. The van der Waals surface area contributed by atoms with E-state index in [-0.39, 0.29) is 12.2 Å². The van der Waals surface area contributed by atoms with Crippen molar-refractivity contribution in [1.29, 1.82) is 0 Å². The first-order chi connectivity index (χ1) is 15.5. The summed E-state index contributed by atoms with van der Waals surface area (Å²) in [6.07, 6.45) is 5.30. The van der Waals surface area contributed by atoms with Crippen molar-refractivity contribution in [3.05, 3.63) is 59.2 Å². The number of anilines is 1. The second-order valence-corrected chi connectivity index (χ2v) is 9.38. The molecule has 0 saturated carbocycles. The first kappa shape index (κ1) is 24.6. The van der Waals surface area contributed by atoms with Crippen LogP contribution in [0.2, 0.25) is 0 Å². The molecule has 2 aromatic rings. The predicted octanol–water partition coefficient (Wildman–Crippen LogP) is 7.21. The molecule has 0 fully saturated rings. The van der Waals surface area contributed by atoms with Crippen molar-refractivity contribution < 1.29 is 14.2 Å². The third-order valence-corrected chi connectivity index (χ3v) is 6.23. The van der Waals surface area contributed by atoms with Gasteiger partial charge < -0.3 is 19.5 Å². The third kappa shape index (κ3) is 6.26. The van der Waals surface area contributed by atoms with Gasteiger partial charge in [-0.25, -0.2) is 0 Å². The normalized spacial score (nSPS) is 19.3. The highest BCUT2D eigenvalue weighted by atomic mass is 16.6. The second kappa shape index (κ2) is 11.7. The van der Waals surface area contributed by atoms with E-state index in [0.717, 1.165) is 56.0 Å². The molecular formula is C28H41NO3. The summed E-state index contributed by atoms with van der Waals surface area (Å²) >= 11 is 0. The lowest BCUT2D eigenvalue weighted by Gasteiger charge is -2.44. The van der Waals surface area contributed by atoms with Gasteiger partial charge >= 0.3 is 0 Å². The molecule has 0 aliphatic carbocycles. The molecular weight excluding hydrogens is 398 g/mol. The molecule has 3 rings (SSSR count). The molecule has 32 heavy (non-hydrogen) atoms. The Kier molecular flexibility index (Phi) is 9.01. The molecule has 0 bridgehead atoms. The van der Waals surface area contributed by atoms with E-state index in [4.69, 9.17) is 14.2 Å². The highest BCUT2D eigenvalue weighted by Gasteiger charge is 2.45. The van der Waals surface area contributed by atoms with Crippen molar-refractivity contribution in [2.45, 2.75) is 91.1 Å². The maximum atomic E-state index is 6.46. The lowest BCUT2D eigenvalue weighted by molar-refractivity contribution is -0.163. The van der Waals surface area contributed by atoms with Gasteiger partial charge in [-0.2, -0.15) is 0 Å². The van der Waals surface area contributed by atoms with Crippen molar-refractivity contribution in [1.82, 2.24) is 0 Å². The predicted molar refractivity (Wildman–Crippen MR) is 133 cm³/mol. The Morgan fingerprint density at radius 3 is 2.44 bits per heavy atom. The fourth-order valence-corrected chi connectivity index (χ4v) is 4.23. The molecule has 176 valence electrons. The fourth-order valence-electron chi connectivity index (χ4n) is 4.23. The van der Waals surface area contributed by atoms with Crippen molar-refractivity contribution in [3.8, 4) is 5.75 Å². The molecule has 4 nitrogen and oxygen atoms in total. The summed E-state index contributed by atoms with van der Waals surface area (Å²) in [6, 6.07) is 14.8. The Morgan fingerprint density at radius 2 is 1.69 bits per heavy atom. The summed E-state index contributed by atoms with van der Waals surface area (Å²) in [4.78, 5) is 0. The molecule has 2 aromatic carbocycles. The molecule has 1 heterocycles. The number of nitrogens with one attached hydrogen (secondary N) is 1. The molecule has 0 radical (unpaired) electrons. The lowest BCUT2D eigenvalue weighted by atomic mass is 9.87. The molecule has 1 aliphatic rings. The molecule has 0 aromatic heterocycles. The number of rotatable bonds is 12. The van der Waals surface area contributed by atoms with E-state index in [9.17, 15) is 0 Å². The van der Waals surface area contributed by atoms with Crippen LogP contribution in [0, 0.1) is 6.92 Å². The van der Waals surface area contributed by atoms with Gasteiger partial charge in [0, 0.05) is 31.0 Å². The smallest absolute Gasteiger partial charge is 0.132 e. The van der Waals surface area contributed by atoms with Crippen LogP contribution in [0.5, 0.6) is 5.75 Å². The topological polar surface area (TPSA) is 39.7 Å². The van der Waals surface area contributed by atoms with E-state index in [0.29, 0.717) is 0 Å². The van der Waals surface area contributed by atoms with Gasteiger partial charge in [-0.3, -0.25) is 0 Å². The minimum Gasteiger partial charge on any atom is -0.485 e. The van der Waals surface area contributed by atoms with Crippen LogP contribution in [0.25, 0.3) is 0 Å². The van der Waals surface area contributed by atoms with Gasteiger partial charge in [0.05, 0.1) is 0 Å². The molecule has 0 saturated heterocycles. The zero-order valence-corrected chi connectivity index (χ0v) is 20.6. The van der Waals surface area contributed by atoms with Gasteiger partial charge in [0.1, 0.15) is 23.6 Å². The van der Waals surface area contributed by atoms with Crippen molar-refractivity contribution in [2.24, 2.45) is 0 Å². The number of fused-ring (bicyclic) bond motifs is 1. The number of ether oxygens (including phenoxy) is 3. The van der Waals surface area contributed by atoms with Crippen molar-refractivity contribution in [3.63, 3.8) is 0 Å². The van der Waals surface area contributed by atoms with Crippen molar-refractivity contribution >= 4 is 5.69 Å². The van der Waals surface area contributed by atoms with E-state index < -0.39 is 5.60 Å². The number of hydrogen-bond donors (Lipinski definition) is 1. The van der Waals surface area contributed by atoms with Gasteiger partial charge in [-0.15, -0.1) is 0 Å². The van der Waals surface area contributed by atoms with Crippen LogP contribution in [0.1, 0.15) is 82.6 Å². The quantitative estimate of drug-likeness (QED) is 0.355. The van der Waals surface area contributed by atoms with Crippen LogP contribution in [0.3, 0.4) is 0 Å². The zero-order chi connectivity index (χ0) is 23.0.